The smallest absolute Gasteiger partial charge is 0.410 e. The maximum absolute atomic E-state index is 14.0. The van der Waals surface area contributed by atoms with E-state index < -0.39 is 11.4 Å². The van der Waals surface area contributed by atoms with Gasteiger partial charge >= 0.3 is 12.1 Å². The normalized spacial score (nSPS) is 14.8. The molecule has 0 N–H and O–H groups in total. The summed E-state index contributed by atoms with van der Waals surface area (Å²) in [5.41, 5.74) is 0.909. The van der Waals surface area contributed by atoms with Gasteiger partial charge in [-0.2, -0.15) is 10.2 Å². The summed E-state index contributed by atoms with van der Waals surface area (Å²) in [6.45, 7) is 6.71. The van der Waals surface area contributed by atoms with Gasteiger partial charge in [-0.05, 0) is 51.8 Å². The van der Waals surface area contributed by atoms with Gasteiger partial charge in [0.05, 0.1) is 17.3 Å². The van der Waals surface area contributed by atoms with E-state index in [0.29, 0.717) is 18.7 Å². The first-order valence-corrected chi connectivity index (χ1v) is 9.87. The minimum absolute atomic E-state index is 0.0297. The topological polar surface area (TPSA) is 88.3 Å². The van der Waals surface area contributed by atoms with E-state index in [1.165, 1.54) is 18.2 Å². The molecule has 0 atom stereocenters. The molecule has 1 aromatic heterocycles. The van der Waals surface area contributed by atoms with Crippen molar-refractivity contribution in [3.63, 3.8) is 0 Å². The highest BCUT2D eigenvalue weighted by Gasteiger charge is 2.28. The summed E-state index contributed by atoms with van der Waals surface area (Å²) >= 11 is 0. The Morgan fingerprint density at radius 2 is 2.03 bits per heavy atom. The number of benzene rings is 1. The highest BCUT2D eigenvalue weighted by molar-refractivity contribution is 5.68. The molecule has 2 aromatic rings. The molecule has 0 unspecified atom stereocenters. The number of nitriles is 1. The third kappa shape index (κ3) is 5.66. The first-order chi connectivity index (χ1) is 14.2. The quantitative estimate of drug-likeness (QED) is 0.748. The number of ether oxygens (including phenoxy) is 2. The zero-order valence-electron chi connectivity index (χ0n) is 17.4. The summed E-state index contributed by atoms with van der Waals surface area (Å²) in [4.78, 5) is 22.5. The summed E-state index contributed by atoms with van der Waals surface area (Å²) in [5, 5.41) is 8.82. The SMILES string of the molecule is CC(C)(C)OC(=O)N1CCC(c2ccnc(OCc3ccc(C#N)cc3F)n2)CC1. The van der Waals surface area contributed by atoms with Crippen molar-refractivity contribution in [2.75, 3.05) is 13.1 Å². The van der Waals surface area contributed by atoms with Crippen LogP contribution in [0.5, 0.6) is 6.01 Å². The molecule has 1 aliphatic rings. The molecule has 8 heteroatoms. The minimum atomic E-state index is -0.513. The zero-order chi connectivity index (χ0) is 21.7. The number of nitrogens with zero attached hydrogens (tertiary/aromatic N) is 4. The molecule has 0 bridgehead atoms. The van der Waals surface area contributed by atoms with E-state index in [2.05, 4.69) is 9.97 Å². The van der Waals surface area contributed by atoms with Crippen molar-refractivity contribution in [3.8, 4) is 12.1 Å². The van der Waals surface area contributed by atoms with E-state index in [9.17, 15) is 9.18 Å². The first kappa shape index (κ1) is 21.5. The Balaban J connectivity index is 1.57. The van der Waals surface area contributed by atoms with Gasteiger partial charge in [-0.1, -0.05) is 6.07 Å². The zero-order valence-corrected chi connectivity index (χ0v) is 17.4. The van der Waals surface area contributed by atoms with E-state index in [4.69, 9.17) is 14.7 Å². The van der Waals surface area contributed by atoms with E-state index in [1.54, 1.807) is 11.1 Å². The van der Waals surface area contributed by atoms with Gasteiger partial charge in [-0.25, -0.2) is 14.2 Å². The Kier molecular flexibility index (Phi) is 6.50. The number of piperidine rings is 1. The van der Waals surface area contributed by atoms with Gasteiger partial charge in [0.1, 0.15) is 18.0 Å². The minimum Gasteiger partial charge on any atom is -0.458 e. The largest absolute Gasteiger partial charge is 0.458 e. The molecule has 158 valence electrons. The van der Waals surface area contributed by atoms with Crippen molar-refractivity contribution in [1.82, 2.24) is 14.9 Å². The van der Waals surface area contributed by atoms with Crippen LogP contribution < -0.4 is 4.74 Å². The highest BCUT2D eigenvalue weighted by Crippen LogP contribution is 2.28. The molecular weight excluding hydrogens is 387 g/mol. The third-order valence-corrected chi connectivity index (χ3v) is 4.76. The summed E-state index contributed by atoms with van der Waals surface area (Å²) < 4.78 is 25.0. The lowest BCUT2D eigenvalue weighted by atomic mass is 9.93. The van der Waals surface area contributed by atoms with E-state index in [-0.39, 0.29) is 30.2 Å². The van der Waals surface area contributed by atoms with Crippen molar-refractivity contribution in [2.45, 2.75) is 51.7 Å². The fourth-order valence-electron chi connectivity index (χ4n) is 3.21. The number of hydrogen-bond acceptors (Lipinski definition) is 6. The van der Waals surface area contributed by atoms with Gasteiger partial charge in [0.15, 0.2) is 0 Å². The second-order valence-electron chi connectivity index (χ2n) is 8.21. The second kappa shape index (κ2) is 9.08. The van der Waals surface area contributed by atoms with E-state index in [1.807, 2.05) is 32.9 Å². The molecule has 3 rings (SSSR count). The molecule has 1 fully saturated rings. The number of hydrogen-bond donors (Lipinski definition) is 0. The number of amides is 1. The van der Waals surface area contributed by atoms with Crippen LogP contribution >= 0.6 is 0 Å². The average Bonchev–Trinajstić information content (AvgIpc) is 2.72. The summed E-state index contributed by atoms with van der Waals surface area (Å²) in [6.07, 6.45) is 2.85. The Morgan fingerprint density at radius 3 is 2.67 bits per heavy atom. The number of carbonyl (C=O) groups is 1. The Morgan fingerprint density at radius 1 is 1.30 bits per heavy atom. The van der Waals surface area contributed by atoms with Gasteiger partial charge in [-0.3, -0.25) is 0 Å². The van der Waals surface area contributed by atoms with E-state index in [0.717, 1.165) is 18.5 Å². The lowest BCUT2D eigenvalue weighted by Crippen LogP contribution is -2.41. The number of likely N-dealkylation sites (tertiary alicyclic amines) is 1. The molecule has 30 heavy (non-hydrogen) atoms. The molecule has 0 radical (unpaired) electrons. The van der Waals surface area contributed by atoms with Crippen LogP contribution in [0.2, 0.25) is 0 Å². The summed E-state index contributed by atoms with van der Waals surface area (Å²) in [5.74, 6) is -0.319. The van der Waals surface area contributed by atoms with Crippen LogP contribution in [-0.2, 0) is 11.3 Å². The van der Waals surface area contributed by atoms with Gasteiger partial charge < -0.3 is 14.4 Å². The van der Waals surface area contributed by atoms with Crippen LogP contribution in [0.3, 0.4) is 0 Å². The molecule has 2 heterocycles. The van der Waals surface area contributed by atoms with Gasteiger partial charge in [0, 0.05) is 30.8 Å². The predicted molar refractivity (Wildman–Crippen MR) is 107 cm³/mol. The molecule has 1 aromatic carbocycles. The standard InChI is InChI=1S/C22H25FN4O3/c1-22(2,3)30-21(28)27-10-7-16(8-11-27)19-6-9-25-20(26-19)29-14-17-5-4-15(13-24)12-18(17)23/h4-6,9,12,16H,7-8,10-11,14H2,1-3H3. The van der Waals surface area contributed by atoms with Crippen LogP contribution in [0.1, 0.15) is 56.4 Å². The monoisotopic (exact) mass is 412 g/mol. The lowest BCUT2D eigenvalue weighted by molar-refractivity contribution is 0.0203. The Hall–Kier alpha value is -3.21. The van der Waals surface area contributed by atoms with Crippen molar-refractivity contribution >= 4 is 6.09 Å². The molecule has 7 nitrogen and oxygen atoms in total. The van der Waals surface area contributed by atoms with Crippen LogP contribution in [0.15, 0.2) is 30.5 Å². The first-order valence-electron chi connectivity index (χ1n) is 9.87. The second-order valence-corrected chi connectivity index (χ2v) is 8.21. The number of halogens is 1. The summed E-state index contributed by atoms with van der Waals surface area (Å²) in [7, 11) is 0. The van der Waals surface area contributed by atoms with Crippen molar-refractivity contribution < 1.29 is 18.7 Å². The van der Waals surface area contributed by atoms with Gasteiger partial charge in [0.25, 0.3) is 0 Å². The molecular formula is C22H25FN4O3. The van der Waals surface area contributed by atoms with Gasteiger partial charge in [0.2, 0.25) is 0 Å². The maximum Gasteiger partial charge on any atom is 0.410 e. The van der Waals surface area contributed by atoms with Crippen LogP contribution in [0, 0.1) is 17.1 Å². The van der Waals surface area contributed by atoms with Crippen LogP contribution in [-0.4, -0.2) is 39.7 Å². The Labute approximate surface area is 175 Å². The maximum atomic E-state index is 14.0. The molecule has 0 saturated carbocycles. The highest BCUT2D eigenvalue weighted by atomic mass is 19.1. The number of carbonyl (C=O) groups excluding carboxylic acids is 1. The molecule has 1 saturated heterocycles. The number of aromatic nitrogens is 2. The molecule has 1 amide bonds. The molecule has 1 aliphatic heterocycles. The van der Waals surface area contributed by atoms with Crippen molar-refractivity contribution in [1.29, 1.82) is 5.26 Å². The fourth-order valence-corrected chi connectivity index (χ4v) is 3.21. The fraction of sp³-hybridized carbons (Fsp3) is 0.455. The summed E-state index contributed by atoms with van der Waals surface area (Å²) in [6, 6.07) is 8.14. The number of rotatable bonds is 4. The predicted octanol–water partition coefficient (Wildman–Crippen LogP) is 4.18. The van der Waals surface area contributed by atoms with Crippen molar-refractivity contribution in [2.24, 2.45) is 0 Å². The lowest BCUT2D eigenvalue weighted by Gasteiger charge is -2.33. The molecule has 0 aliphatic carbocycles. The third-order valence-electron chi connectivity index (χ3n) is 4.76. The van der Waals surface area contributed by atoms with Crippen molar-refractivity contribution in [3.05, 3.63) is 53.1 Å². The van der Waals surface area contributed by atoms with Crippen LogP contribution in [0.25, 0.3) is 0 Å². The van der Waals surface area contributed by atoms with Gasteiger partial charge in [-0.15, -0.1) is 0 Å². The Bertz CT molecular complexity index is 944. The van der Waals surface area contributed by atoms with Crippen LogP contribution in [0.4, 0.5) is 9.18 Å². The molecule has 0 spiro atoms. The van der Waals surface area contributed by atoms with E-state index >= 15 is 0 Å². The average molecular weight is 412 g/mol.